The summed E-state index contributed by atoms with van der Waals surface area (Å²) >= 11 is 0. The van der Waals surface area contributed by atoms with Crippen molar-refractivity contribution in [1.29, 1.82) is 0 Å². The van der Waals surface area contributed by atoms with Crippen molar-refractivity contribution in [3.63, 3.8) is 0 Å². The van der Waals surface area contributed by atoms with Crippen molar-refractivity contribution in [3.8, 4) is 17.3 Å². The number of para-hydroxylation sites is 1. The summed E-state index contributed by atoms with van der Waals surface area (Å²) in [6.45, 7) is 0. The van der Waals surface area contributed by atoms with E-state index in [0.717, 1.165) is 23.7 Å². The molecular formula is C16H15N3O4S. The summed E-state index contributed by atoms with van der Waals surface area (Å²) in [6.07, 6.45) is 1.44. The molecule has 0 spiro atoms. The fourth-order valence-corrected chi connectivity index (χ4v) is 4.15. The van der Waals surface area contributed by atoms with Crippen LogP contribution >= 0.6 is 0 Å². The van der Waals surface area contributed by atoms with Crippen molar-refractivity contribution >= 4 is 20.7 Å². The first-order valence-corrected chi connectivity index (χ1v) is 9.26. The van der Waals surface area contributed by atoms with Gasteiger partial charge in [0.2, 0.25) is 5.88 Å². The number of methoxy groups -OCH3 is 1. The van der Waals surface area contributed by atoms with Gasteiger partial charge in [-0.1, -0.05) is 23.4 Å². The number of hydrogen-bond acceptors (Lipinski definition) is 7. The minimum absolute atomic E-state index is 0.178. The van der Waals surface area contributed by atoms with Crippen LogP contribution in [0.4, 0.5) is 0 Å². The number of aromatic nitrogens is 3. The highest BCUT2D eigenvalue weighted by molar-refractivity contribution is 7.91. The van der Waals surface area contributed by atoms with Gasteiger partial charge in [-0.25, -0.2) is 13.4 Å². The first-order valence-electron chi connectivity index (χ1n) is 7.55. The lowest BCUT2D eigenvalue weighted by Gasteiger charge is -2.05. The number of ether oxygens (including phenoxy) is 1. The molecule has 7 nitrogen and oxygen atoms in total. The van der Waals surface area contributed by atoms with Crippen molar-refractivity contribution in [2.75, 3.05) is 7.11 Å². The lowest BCUT2D eigenvalue weighted by molar-refractivity contribution is 0.398. The van der Waals surface area contributed by atoms with Gasteiger partial charge in [0.05, 0.1) is 23.4 Å². The van der Waals surface area contributed by atoms with E-state index in [2.05, 4.69) is 15.1 Å². The number of pyridine rings is 1. The number of rotatable bonds is 5. The third kappa shape index (κ3) is 2.73. The smallest absolute Gasteiger partial charge is 0.258 e. The highest BCUT2D eigenvalue weighted by atomic mass is 32.2. The number of nitrogens with zero attached hydrogens (tertiary/aromatic N) is 3. The highest BCUT2D eigenvalue weighted by Crippen LogP contribution is 2.32. The fraction of sp³-hybridized carbons (Fsp3) is 0.312. The quantitative estimate of drug-likeness (QED) is 0.700. The summed E-state index contributed by atoms with van der Waals surface area (Å²) < 4.78 is 34.6. The summed E-state index contributed by atoms with van der Waals surface area (Å²) in [7, 11) is -1.66. The highest BCUT2D eigenvalue weighted by Gasteiger charge is 2.36. The van der Waals surface area contributed by atoms with Gasteiger partial charge in [0.25, 0.3) is 5.89 Å². The molecule has 2 aromatic heterocycles. The van der Waals surface area contributed by atoms with Crippen LogP contribution in [-0.2, 0) is 15.6 Å². The number of benzene rings is 1. The van der Waals surface area contributed by atoms with Crippen LogP contribution in [0.2, 0.25) is 0 Å². The standard InChI is InChI=1S/C16H15N3O4S/c1-22-15-8-12(11-4-2-3-5-13(11)17-15)16-18-14(19-23-16)9-24(20,21)10-6-7-10/h2-5,8,10H,6-7,9H2,1H3. The van der Waals surface area contributed by atoms with Crippen LogP contribution in [0, 0.1) is 0 Å². The maximum Gasteiger partial charge on any atom is 0.258 e. The summed E-state index contributed by atoms with van der Waals surface area (Å²) in [5.74, 6) is 0.667. The average molecular weight is 345 g/mol. The predicted molar refractivity (Wildman–Crippen MR) is 87.2 cm³/mol. The van der Waals surface area contributed by atoms with Crippen molar-refractivity contribution in [2.45, 2.75) is 23.8 Å². The maximum atomic E-state index is 12.1. The molecule has 0 saturated heterocycles. The molecule has 1 aromatic carbocycles. The summed E-state index contributed by atoms with van der Waals surface area (Å²) in [6, 6.07) is 9.21. The molecule has 3 aromatic rings. The minimum Gasteiger partial charge on any atom is -0.481 e. The molecule has 0 unspecified atom stereocenters. The van der Waals surface area contributed by atoms with E-state index in [1.807, 2.05) is 24.3 Å². The van der Waals surface area contributed by atoms with Gasteiger partial charge in [0.15, 0.2) is 15.7 Å². The second-order valence-electron chi connectivity index (χ2n) is 5.75. The van der Waals surface area contributed by atoms with Crippen molar-refractivity contribution in [2.24, 2.45) is 0 Å². The molecule has 1 fully saturated rings. The number of hydrogen-bond donors (Lipinski definition) is 0. The van der Waals surface area contributed by atoms with Gasteiger partial charge < -0.3 is 9.26 Å². The van der Waals surface area contributed by atoms with E-state index in [0.29, 0.717) is 11.4 Å². The molecular weight excluding hydrogens is 330 g/mol. The lowest BCUT2D eigenvalue weighted by atomic mass is 10.1. The molecule has 0 atom stereocenters. The van der Waals surface area contributed by atoms with Crippen molar-refractivity contribution < 1.29 is 17.7 Å². The van der Waals surface area contributed by atoms with Crippen LogP contribution in [0.3, 0.4) is 0 Å². The maximum absolute atomic E-state index is 12.1. The molecule has 1 aliphatic rings. The zero-order valence-corrected chi connectivity index (χ0v) is 13.8. The topological polar surface area (TPSA) is 95.2 Å². The first-order chi connectivity index (χ1) is 11.6. The molecule has 1 aliphatic carbocycles. The number of fused-ring (bicyclic) bond motifs is 1. The Bertz CT molecular complexity index is 1010. The molecule has 0 amide bonds. The van der Waals surface area contributed by atoms with E-state index < -0.39 is 9.84 Å². The van der Waals surface area contributed by atoms with E-state index in [1.54, 1.807) is 6.07 Å². The van der Waals surface area contributed by atoms with Crippen LogP contribution in [0.5, 0.6) is 5.88 Å². The van der Waals surface area contributed by atoms with Crippen LogP contribution in [-0.4, -0.2) is 35.9 Å². The van der Waals surface area contributed by atoms with E-state index in [-0.39, 0.29) is 22.7 Å². The SMILES string of the molecule is COc1cc(-c2nc(CS(=O)(=O)C3CC3)no2)c2ccccc2n1. The van der Waals surface area contributed by atoms with Gasteiger partial charge in [0.1, 0.15) is 5.75 Å². The van der Waals surface area contributed by atoms with E-state index in [1.165, 1.54) is 7.11 Å². The Morgan fingerprint density at radius 3 is 2.79 bits per heavy atom. The lowest BCUT2D eigenvalue weighted by Crippen LogP contribution is -2.10. The molecule has 124 valence electrons. The monoisotopic (exact) mass is 345 g/mol. The second kappa shape index (κ2) is 5.55. The zero-order valence-electron chi connectivity index (χ0n) is 13.0. The molecule has 0 radical (unpaired) electrons. The molecule has 24 heavy (non-hydrogen) atoms. The zero-order chi connectivity index (χ0) is 16.7. The first kappa shape index (κ1) is 15.1. The molecule has 4 rings (SSSR count). The Hall–Kier alpha value is -2.48. The molecule has 2 heterocycles. The molecule has 0 aliphatic heterocycles. The summed E-state index contributed by atoms with van der Waals surface area (Å²) in [5.41, 5.74) is 1.40. The Kier molecular flexibility index (Phi) is 3.49. The van der Waals surface area contributed by atoms with Gasteiger partial charge in [-0.2, -0.15) is 4.98 Å². The van der Waals surface area contributed by atoms with Crippen molar-refractivity contribution in [1.82, 2.24) is 15.1 Å². The Morgan fingerprint density at radius 1 is 1.25 bits per heavy atom. The van der Waals surface area contributed by atoms with Gasteiger partial charge >= 0.3 is 0 Å². The Balaban J connectivity index is 1.75. The van der Waals surface area contributed by atoms with Crippen LogP contribution in [0.1, 0.15) is 18.7 Å². The molecule has 8 heteroatoms. The van der Waals surface area contributed by atoms with Gasteiger partial charge in [-0.3, -0.25) is 0 Å². The molecule has 1 saturated carbocycles. The van der Waals surface area contributed by atoms with Gasteiger partial charge in [0, 0.05) is 11.5 Å². The summed E-state index contributed by atoms with van der Waals surface area (Å²) in [4.78, 5) is 8.63. The van der Waals surface area contributed by atoms with Crippen molar-refractivity contribution in [3.05, 3.63) is 36.2 Å². The van der Waals surface area contributed by atoms with Crippen LogP contribution in [0.15, 0.2) is 34.9 Å². The molecule has 0 N–H and O–H groups in total. The average Bonchev–Trinajstić information content (AvgIpc) is 3.35. The van der Waals surface area contributed by atoms with E-state index in [4.69, 9.17) is 9.26 Å². The third-order valence-electron chi connectivity index (χ3n) is 3.96. The van der Waals surface area contributed by atoms with Gasteiger partial charge in [-0.15, -0.1) is 0 Å². The minimum atomic E-state index is -3.19. The second-order valence-corrected chi connectivity index (χ2v) is 8.03. The van der Waals surface area contributed by atoms with Gasteiger partial charge in [-0.05, 0) is 18.9 Å². The number of sulfone groups is 1. The Labute approximate surface area is 138 Å². The van der Waals surface area contributed by atoms with Crippen LogP contribution < -0.4 is 4.74 Å². The van der Waals surface area contributed by atoms with E-state index in [9.17, 15) is 8.42 Å². The van der Waals surface area contributed by atoms with Crippen LogP contribution in [0.25, 0.3) is 22.4 Å². The largest absolute Gasteiger partial charge is 0.481 e. The fourth-order valence-electron chi connectivity index (χ4n) is 2.58. The van der Waals surface area contributed by atoms with E-state index >= 15 is 0 Å². The predicted octanol–water partition coefficient (Wildman–Crippen LogP) is 2.37. The normalized spacial score (nSPS) is 14.9. The Morgan fingerprint density at radius 2 is 2.04 bits per heavy atom. The summed E-state index contributed by atoms with van der Waals surface area (Å²) in [5, 5.41) is 4.41. The molecule has 0 bridgehead atoms. The third-order valence-corrected chi connectivity index (χ3v) is 6.11.